The van der Waals surface area contributed by atoms with E-state index >= 15 is 0 Å². The first-order valence-corrected chi connectivity index (χ1v) is 8.50. The molecular formula is C16H30N4O2. The van der Waals surface area contributed by atoms with E-state index in [2.05, 4.69) is 10.2 Å². The summed E-state index contributed by atoms with van der Waals surface area (Å²) in [7, 11) is 0. The van der Waals surface area contributed by atoms with Crippen molar-refractivity contribution in [1.82, 2.24) is 15.1 Å². The summed E-state index contributed by atoms with van der Waals surface area (Å²) in [6.45, 7) is 9.00. The molecule has 22 heavy (non-hydrogen) atoms. The summed E-state index contributed by atoms with van der Waals surface area (Å²) in [5.41, 5.74) is 5.77. The van der Waals surface area contributed by atoms with Crippen LogP contribution in [0.1, 0.15) is 33.1 Å². The van der Waals surface area contributed by atoms with Gasteiger partial charge in [0.25, 0.3) is 0 Å². The molecule has 0 aromatic carbocycles. The summed E-state index contributed by atoms with van der Waals surface area (Å²) in [5, 5.41) is 2.66. The first-order chi connectivity index (χ1) is 10.5. The van der Waals surface area contributed by atoms with Gasteiger partial charge in [-0.15, -0.1) is 0 Å². The minimum Gasteiger partial charge on any atom is -0.346 e. The Kier molecular flexibility index (Phi) is 6.20. The van der Waals surface area contributed by atoms with Crippen LogP contribution in [0.2, 0.25) is 0 Å². The Bertz CT molecular complexity index is 394. The van der Waals surface area contributed by atoms with Crippen LogP contribution in [0.25, 0.3) is 0 Å². The fourth-order valence-electron chi connectivity index (χ4n) is 3.23. The van der Waals surface area contributed by atoms with E-state index in [9.17, 15) is 9.59 Å². The van der Waals surface area contributed by atoms with Gasteiger partial charge in [-0.25, -0.2) is 0 Å². The summed E-state index contributed by atoms with van der Waals surface area (Å²) in [4.78, 5) is 28.3. The molecule has 2 fully saturated rings. The third-order valence-electron chi connectivity index (χ3n) is 4.79. The fourth-order valence-corrected chi connectivity index (χ4v) is 3.23. The second kappa shape index (κ2) is 7.92. The predicted octanol–water partition coefficient (Wildman–Crippen LogP) is 0.0302. The van der Waals surface area contributed by atoms with Crippen molar-refractivity contribution in [1.29, 1.82) is 0 Å². The van der Waals surface area contributed by atoms with E-state index in [1.807, 2.05) is 18.7 Å². The van der Waals surface area contributed by atoms with Crippen LogP contribution >= 0.6 is 0 Å². The summed E-state index contributed by atoms with van der Waals surface area (Å²) in [6.07, 6.45) is 3.68. The lowest BCUT2D eigenvalue weighted by atomic mass is 10.1. The van der Waals surface area contributed by atoms with Crippen LogP contribution in [-0.2, 0) is 9.59 Å². The van der Waals surface area contributed by atoms with E-state index in [-0.39, 0.29) is 24.3 Å². The molecule has 0 aromatic heterocycles. The monoisotopic (exact) mass is 310 g/mol. The molecule has 6 nitrogen and oxygen atoms in total. The van der Waals surface area contributed by atoms with Crippen LogP contribution in [0, 0.1) is 11.8 Å². The number of rotatable bonds is 6. The molecular weight excluding hydrogens is 280 g/mol. The Labute approximate surface area is 133 Å². The van der Waals surface area contributed by atoms with Gasteiger partial charge in [0.15, 0.2) is 0 Å². The highest BCUT2D eigenvalue weighted by Crippen LogP contribution is 2.19. The highest BCUT2D eigenvalue weighted by molar-refractivity contribution is 5.87. The van der Waals surface area contributed by atoms with E-state index < -0.39 is 6.04 Å². The highest BCUT2D eigenvalue weighted by Gasteiger charge is 2.28. The van der Waals surface area contributed by atoms with Crippen LogP contribution in [0.4, 0.5) is 0 Å². The number of nitrogens with one attached hydrogen (secondary N) is 1. The van der Waals surface area contributed by atoms with Crippen LogP contribution in [0.5, 0.6) is 0 Å². The molecule has 6 heteroatoms. The molecule has 0 aliphatic carbocycles. The summed E-state index contributed by atoms with van der Waals surface area (Å²) < 4.78 is 0. The van der Waals surface area contributed by atoms with Crippen molar-refractivity contribution in [3.63, 3.8) is 0 Å². The first-order valence-electron chi connectivity index (χ1n) is 8.50. The van der Waals surface area contributed by atoms with E-state index in [1.54, 1.807) is 0 Å². The van der Waals surface area contributed by atoms with E-state index in [0.29, 0.717) is 5.92 Å². The van der Waals surface area contributed by atoms with Gasteiger partial charge in [0.2, 0.25) is 11.8 Å². The largest absolute Gasteiger partial charge is 0.346 e. The van der Waals surface area contributed by atoms with Gasteiger partial charge in [0.1, 0.15) is 0 Å². The smallest absolute Gasteiger partial charge is 0.241 e. The number of nitrogens with two attached hydrogens (primary N) is 1. The molecule has 2 amide bonds. The molecule has 0 bridgehead atoms. The maximum atomic E-state index is 12.2. The molecule has 0 aromatic rings. The average Bonchev–Trinajstić information content (AvgIpc) is 3.15. The van der Waals surface area contributed by atoms with Crippen molar-refractivity contribution in [2.24, 2.45) is 17.6 Å². The van der Waals surface area contributed by atoms with Gasteiger partial charge in [0.05, 0.1) is 12.6 Å². The molecule has 2 saturated heterocycles. The molecule has 0 saturated carbocycles. The number of hydrogen-bond donors (Lipinski definition) is 2. The van der Waals surface area contributed by atoms with Crippen molar-refractivity contribution < 1.29 is 9.59 Å². The fraction of sp³-hybridized carbons (Fsp3) is 0.875. The highest BCUT2D eigenvalue weighted by atomic mass is 16.2. The molecule has 2 rings (SSSR count). The van der Waals surface area contributed by atoms with Crippen molar-refractivity contribution in [3.8, 4) is 0 Å². The molecule has 0 radical (unpaired) electrons. The molecule has 3 N–H and O–H groups in total. The quantitative estimate of drug-likeness (QED) is 0.725. The molecule has 2 heterocycles. The Morgan fingerprint density at radius 2 is 1.91 bits per heavy atom. The Morgan fingerprint density at radius 3 is 2.55 bits per heavy atom. The number of amides is 2. The molecule has 0 spiro atoms. The average molecular weight is 310 g/mol. The van der Waals surface area contributed by atoms with Crippen molar-refractivity contribution in [2.75, 3.05) is 39.3 Å². The number of nitrogens with zero attached hydrogens (tertiary/aromatic N) is 2. The normalized spacial score (nSPS) is 24.0. The zero-order valence-corrected chi connectivity index (χ0v) is 13.9. The SMILES string of the molecule is CC(C)[C@H](N)C(=O)NCC(=O)N1CCC(CN2CCCC2)C1. The molecule has 2 aliphatic heterocycles. The van der Waals surface area contributed by atoms with Crippen LogP contribution in [0.15, 0.2) is 0 Å². The topological polar surface area (TPSA) is 78.7 Å². The standard InChI is InChI=1S/C16H30N4O2/c1-12(2)15(17)16(22)18-9-14(21)20-8-5-13(11-20)10-19-6-3-4-7-19/h12-13,15H,3-11,17H2,1-2H3,(H,18,22)/t13?,15-/m0/s1. The van der Waals surface area contributed by atoms with Crippen LogP contribution in [-0.4, -0.2) is 66.9 Å². The van der Waals surface area contributed by atoms with E-state index in [0.717, 1.165) is 26.1 Å². The maximum absolute atomic E-state index is 12.2. The lowest BCUT2D eigenvalue weighted by molar-refractivity contribution is -0.132. The Balaban J connectivity index is 1.69. The summed E-state index contributed by atoms with van der Waals surface area (Å²) in [6, 6.07) is -0.547. The zero-order chi connectivity index (χ0) is 16.1. The maximum Gasteiger partial charge on any atom is 0.241 e. The Hall–Kier alpha value is -1.14. The third-order valence-corrected chi connectivity index (χ3v) is 4.79. The van der Waals surface area contributed by atoms with Crippen LogP contribution < -0.4 is 11.1 Å². The second-order valence-electron chi connectivity index (χ2n) is 6.99. The van der Waals surface area contributed by atoms with Gasteiger partial charge >= 0.3 is 0 Å². The number of hydrogen-bond acceptors (Lipinski definition) is 4. The van der Waals surface area contributed by atoms with Gasteiger partial charge in [-0.05, 0) is 44.2 Å². The van der Waals surface area contributed by atoms with Gasteiger partial charge in [-0.1, -0.05) is 13.8 Å². The predicted molar refractivity (Wildman–Crippen MR) is 86.2 cm³/mol. The summed E-state index contributed by atoms with van der Waals surface area (Å²) >= 11 is 0. The molecule has 2 aliphatic rings. The van der Waals surface area contributed by atoms with E-state index in [4.69, 9.17) is 5.73 Å². The Morgan fingerprint density at radius 1 is 1.23 bits per heavy atom. The van der Waals surface area contributed by atoms with Crippen molar-refractivity contribution in [2.45, 2.75) is 39.2 Å². The molecule has 2 atom stereocenters. The number of carbonyl (C=O) groups excluding carboxylic acids is 2. The number of carbonyl (C=O) groups is 2. The molecule has 1 unspecified atom stereocenters. The third kappa shape index (κ3) is 4.68. The number of likely N-dealkylation sites (tertiary alicyclic amines) is 2. The lowest BCUT2D eigenvalue weighted by Gasteiger charge is -2.21. The minimum absolute atomic E-state index is 0.00762. The first kappa shape index (κ1) is 17.2. The molecule has 126 valence electrons. The van der Waals surface area contributed by atoms with E-state index in [1.165, 1.54) is 25.9 Å². The second-order valence-corrected chi connectivity index (χ2v) is 6.99. The zero-order valence-electron chi connectivity index (χ0n) is 13.9. The summed E-state index contributed by atoms with van der Waals surface area (Å²) in [5.74, 6) is 0.423. The van der Waals surface area contributed by atoms with Gasteiger partial charge in [0, 0.05) is 19.6 Å². The lowest BCUT2D eigenvalue weighted by Crippen LogP contribution is -2.47. The van der Waals surface area contributed by atoms with Crippen LogP contribution in [0.3, 0.4) is 0 Å². The van der Waals surface area contributed by atoms with Gasteiger partial charge in [-0.2, -0.15) is 0 Å². The van der Waals surface area contributed by atoms with Gasteiger partial charge < -0.3 is 20.9 Å². The van der Waals surface area contributed by atoms with Crippen molar-refractivity contribution in [3.05, 3.63) is 0 Å². The minimum atomic E-state index is -0.547. The van der Waals surface area contributed by atoms with Crippen molar-refractivity contribution >= 4 is 11.8 Å². The van der Waals surface area contributed by atoms with Gasteiger partial charge in [-0.3, -0.25) is 9.59 Å².